The van der Waals surface area contributed by atoms with E-state index in [0.717, 1.165) is 6.07 Å². The summed E-state index contributed by atoms with van der Waals surface area (Å²) in [7, 11) is 1.54. The minimum Gasteiger partial charge on any atom is -0.454 e. The molecule has 1 amide bonds. The van der Waals surface area contributed by atoms with Crippen molar-refractivity contribution in [1.82, 2.24) is 4.90 Å². The van der Waals surface area contributed by atoms with Gasteiger partial charge in [-0.3, -0.25) is 4.79 Å². The molecule has 0 aliphatic heterocycles. The Bertz CT molecular complexity index is 661. The van der Waals surface area contributed by atoms with Gasteiger partial charge in [0.05, 0.1) is 6.61 Å². The fraction of sp³-hybridized carbons (Fsp3) is 0.188. The summed E-state index contributed by atoms with van der Waals surface area (Å²) in [6.45, 7) is 0.0337. The molecule has 2 aromatic carbocycles. The standard InChI is InChI=1S/C16H15ClFNO3/c1-19(8-9-20)16(21)11-2-7-15(14(18)10-11)22-13-5-3-12(17)4-6-13/h2-7,10,20H,8-9H2,1H3. The second-order valence-corrected chi connectivity index (χ2v) is 5.09. The number of aliphatic hydroxyl groups is 1. The highest BCUT2D eigenvalue weighted by atomic mass is 35.5. The minimum absolute atomic E-state index is 0.0173. The number of carbonyl (C=O) groups excluding carboxylic acids is 1. The molecule has 0 radical (unpaired) electrons. The molecule has 4 nitrogen and oxygen atoms in total. The van der Waals surface area contributed by atoms with Crippen molar-refractivity contribution in [1.29, 1.82) is 0 Å². The molecule has 0 heterocycles. The van der Waals surface area contributed by atoms with Crippen molar-refractivity contribution in [2.24, 2.45) is 0 Å². The van der Waals surface area contributed by atoms with Gasteiger partial charge in [0.1, 0.15) is 5.75 Å². The van der Waals surface area contributed by atoms with Crippen LogP contribution in [0.2, 0.25) is 5.02 Å². The third kappa shape index (κ3) is 3.96. The van der Waals surface area contributed by atoms with Gasteiger partial charge in [0.15, 0.2) is 11.6 Å². The molecular weight excluding hydrogens is 309 g/mol. The van der Waals surface area contributed by atoms with Crippen LogP contribution in [0, 0.1) is 5.82 Å². The largest absolute Gasteiger partial charge is 0.454 e. The normalized spacial score (nSPS) is 10.4. The van der Waals surface area contributed by atoms with Crippen LogP contribution in [-0.4, -0.2) is 36.1 Å². The lowest BCUT2D eigenvalue weighted by molar-refractivity contribution is 0.0766. The molecular formula is C16H15ClFNO3. The summed E-state index contributed by atoms with van der Waals surface area (Å²) in [6.07, 6.45) is 0. The van der Waals surface area contributed by atoms with Crippen LogP contribution in [0.15, 0.2) is 42.5 Å². The lowest BCUT2D eigenvalue weighted by atomic mass is 10.2. The molecule has 116 valence electrons. The smallest absolute Gasteiger partial charge is 0.253 e. The molecule has 0 bridgehead atoms. The van der Waals surface area contributed by atoms with E-state index in [0.29, 0.717) is 10.8 Å². The number of rotatable bonds is 5. The molecule has 0 aliphatic rings. The van der Waals surface area contributed by atoms with Crippen molar-refractivity contribution < 1.29 is 19.0 Å². The first-order valence-corrected chi connectivity index (χ1v) is 6.98. The second-order valence-electron chi connectivity index (χ2n) is 4.65. The summed E-state index contributed by atoms with van der Waals surface area (Å²) in [5.41, 5.74) is 0.192. The van der Waals surface area contributed by atoms with Crippen LogP contribution < -0.4 is 4.74 Å². The molecule has 0 fully saturated rings. The van der Waals surface area contributed by atoms with E-state index < -0.39 is 5.82 Å². The van der Waals surface area contributed by atoms with Gasteiger partial charge in [-0.05, 0) is 42.5 Å². The van der Waals surface area contributed by atoms with Gasteiger partial charge in [-0.15, -0.1) is 0 Å². The van der Waals surface area contributed by atoms with Gasteiger partial charge in [-0.2, -0.15) is 0 Å². The Hall–Kier alpha value is -2.11. The molecule has 0 atom stereocenters. The molecule has 6 heteroatoms. The van der Waals surface area contributed by atoms with Crippen LogP contribution in [0.25, 0.3) is 0 Å². The summed E-state index contributed by atoms with van der Waals surface area (Å²) in [4.78, 5) is 13.3. The summed E-state index contributed by atoms with van der Waals surface area (Å²) >= 11 is 5.77. The number of benzene rings is 2. The van der Waals surface area contributed by atoms with E-state index in [4.69, 9.17) is 21.4 Å². The number of ether oxygens (including phenoxy) is 1. The van der Waals surface area contributed by atoms with Gasteiger partial charge < -0.3 is 14.7 Å². The quantitative estimate of drug-likeness (QED) is 0.918. The summed E-state index contributed by atoms with van der Waals surface area (Å²) < 4.78 is 19.5. The van der Waals surface area contributed by atoms with Crippen LogP contribution in [0.4, 0.5) is 4.39 Å². The van der Waals surface area contributed by atoms with Crippen molar-refractivity contribution in [2.75, 3.05) is 20.2 Å². The molecule has 0 aromatic heterocycles. The Morgan fingerprint density at radius 2 is 1.95 bits per heavy atom. The maximum atomic E-state index is 14.1. The number of amides is 1. The van der Waals surface area contributed by atoms with Crippen molar-refractivity contribution in [3.05, 3.63) is 58.9 Å². The number of hydrogen-bond acceptors (Lipinski definition) is 3. The van der Waals surface area contributed by atoms with Gasteiger partial charge >= 0.3 is 0 Å². The zero-order valence-corrected chi connectivity index (χ0v) is 12.7. The fourth-order valence-corrected chi connectivity index (χ4v) is 1.94. The Morgan fingerprint density at radius 3 is 2.55 bits per heavy atom. The fourth-order valence-electron chi connectivity index (χ4n) is 1.82. The van der Waals surface area contributed by atoms with Crippen LogP contribution in [0.5, 0.6) is 11.5 Å². The molecule has 2 rings (SSSR count). The Morgan fingerprint density at radius 1 is 1.27 bits per heavy atom. The number of hydrogen-bond donors (Lipinski definition) is 1. The van der Waals surface area contributed by atoms with E-state index in [9.17, 15) is 9.18 Å². The van der Waals surface area contributed by atoms with Gasteiger partial charge in [0, 0.05) is 24.2 Å². The predicted molar refractivity (Wildman–Crippen MR) is 82.0 cm³/mol. The van der Waals surface area contributed by atoms with Gasteiger partial charge in [-0.1, -0.05) is 11.6 Å². The lowest BCUT2D eigenvalue weighted by Crippen LogP contribution is -2.29. The van der Waals surface area contributed by atoms with E-state index in [-0.39, 0.29) is 30.4 Å². The molecule has 0 saturated heterocycles. The second kappa shape index (κ2) is 7.24. The van der Waals surface area contributed by atoms with Crippen LogP contribution in [0.1, 0.15) is 10.4 Å². The highest BCUT2D eigenvalue weighted by Crippen LogP contribution is 2.26. The number of carbonyl (C=O) groups is 1. The number of halogens is 2. The third-order valence-electron chi connectivity index (χ3n) is 3.00. The first kappa shape index (κ1) is 16.3. The maximum absolute atomic E-state index is 14.1. The Kier molecular flexibility index (Phi) is 5.35. The monoisotopic (exact) mass is 323 g/mol. The van der Waals surface area contributed by atoms with E-state index in [1.807, 2.05) is 0 Å². The topological polar surface area (TPSA) is 49.8 Å². The highest BCUT2D eigenvalue weighted by Gasteiger charge is 2.14. The SMILES string of the molecule is CN(CCO)C(=O)c1ccc(Oc2ccc(Cl)cc2)c(F)c1. The highest BCUT2D eigenvalue weighted by molar-refractivity contribution is 6.30. The van der Waals surface area contributed by atoms with Crippen LogP contribution >= 0.6 is 11.6 Å². The molecule has 22 heavy (non-hydrogen) atoms. The predicted octanol–water partition coefficient (Wildman–Crippen LogP) is 3.34. The van der Waals surface area contributed by atoms with E-state index in [1.54, 1.807) is 24.3 Å². The van der Waals surface area contributed by atoms with E-state index in [1.165, 1.54) is 24.1 Å². The zero-order valence-electron chi connectivity index (χ0n) is 11.9. The van der Waals surface area contributed by atoms with Gasteiger partial charge in [0.2, 0.25) is 0 Å². The van der Waals surface area contributed by atoms with E-state index >= 15 is 0 Å². The number of nitrogens with zero attached hydrogens (tertiary/aromatic N) is 1. The van der Waals surface area contributed by atoms with Crippen molar-refractivity contribution in [3.8, 4) is 11.5 Å². The van der Waals surface area contributed by atoms with Gasteiger partial charge in [0.25, 0.3) is 5.91 Å². The summed E-state index contributed by atoms with van der Waals surface area (Å²) in [6, 6.07) is 10.5. The van der Waals surface area contributed by atoms with Crippen molar-refractivity contribution >= 4 is 17.5 Å². The number of likely N-dealkylation sites (N-methyl/N-ethyl adjacent to an activating group) is 1. The third-order valence-corrected chi connectivity index (χ3v) is 3.25. The van der Waals surface area contributed by atoms with Crippen molar-refractivity contribution in [2.45, 2.75) is 0 Å². The molecule has 1 N–H and O–H groups in total. The average Bonchev–Trinajstić information content (AvgIpc) is 2.51. The van der Waals surface area contributed by atoms with Crippen LogP contribution in [0.3, 0.4) is 0 Å². The molecule has 0 unspecified atom stereocenters. The molecule has 0 aliphatic carbocycles. The summed E-state index contributed by atoms with van der Waals surface area (Å²) in [5, 5.41) is 9.37. The summed E-state index contributed by atoms with van der Waals surface area (Å²) in [5.74, 6) is -0.548. The molecule has 2 aromatic rings. The van der Waals surface area contributed by atoms with Crippen LogP contribution in [-0.2, 0) is 0 Å². The maximum Gasteiger partial charge on any atom is 0.253 e. The molecule has 0 saturated carbocycles. The van der Waals surface area contributed by atoms with E-state index in [2.05, 4.69) is 0 Å². The number of aliphatic hydroxyl groups excluding tert-OH is 1. The first-order valence-electron chi connectivity index (χ1n) is 6.60. The lowest BCUT2D eigenvalue weighted by Gasteiger charge is -2.16. The Labute approximate surface area is 132 Å². The van der Waals surface area contributed by atoms with Crippen molar-refractivity contribution in [3.63, 3.8) is 0 Å². The first-order chi connectivity index (χ1) is 10.5. The zero-order chi connectivity index (χ0) is 16.1. The van der Waals surface area contributed by atoms with Gasteiger partial charge in [-0.25, -0.2) is 4.39 Å². The molecule has 0 spiro atoms. The average molecular weight is 324 g/mol. The Balaban J connectivity index is 2.15. The minimum atomic E-state index is -0.641.